The Morgan fingerprint density at radius 2 is 1.88 bits per heavy atom. The molecule has 0 aliphatic carbocycles. The standard InChI is InChI=1S/C29H36FN3O/c1-5-22-15-21(16-28(3,4)6-2)18-32-27(22)29(14-13-26(34)33-29)17-20-7-9-23(10-8-20)25-12-11-24(30)19-31-25/h7-12,18-19,32H,5-6,13-17H2,1-4H3,(H,33,34). The number of hydrogen-bond donors (Lipinski definition) is 2. The van der Waals surface area contributed by atoms with Crippen molar-refractivity contribution in [1.29, 1.82) is 0 Å². The summed E-state index contributed by atoms with van der Waals surface area (Å²) in [6.45, 7) is 9.10. The van der Waals surface area contributed by atoms with Gasteiger partial charge in [0, 0.05) is 30.3 Å². The van der Waals surface area contributed by atoms with Gasteiger partial charge in [0.25, 0.3) is 0 Å². The first-order valence-electron chi connectivity index (χ1n) is 12.4. The number of halogens is 1. The number of carbonyl (C=O) groups excluding carboxylic acids is 1. The molecule has 0 bridgehead atoms. The third-order valence-corrected chi connectivity index (χ3v) is 7.42. The fourth-order valence-electron chi connectivity index (χ4n) is 5.14. The summed E-state index contributed by atoms with van der Waals surface area (Å²) in [4.78, 5) is 16.6. The molecule has 2 N–H and O–H groups in total. The number of nitrogens with zero attached hydrogens (tertiary/aromatic N) is 1. The van der Waals surface area contributed by atoms with Crippen molar-refractivity contribution in [1.82, 2.24) is 15.6 Å². The highest BCUT2D eigenvalue weighted by Crippen LogP contribution is 2.39. The summed E-state index contributed by atoms with van der Waals surface area (Å²) in [6.07, 6.45) is 9.61. The lowest BCUT2D eigenvalue weighted by molar-refractivity contribution is -0.119. The van der Waals surface area contributed by atoms with Crippen molar-refractivity contribution in [3.05, 3.63) is 77.0 Å². The minimum Gasteiger partial charge on any atom is -0.363 e. The van der Waals surface area contributed by atoms with Crippen LogP contribution in [-0.2, 0) is 11.2 Å². The first-order valence-corrected chi connectivity index (χ1v) is 12.4. The average Bonchev–Trinajstić information content (AvgIpc) is 3.20. The predicted octanol–water partition coefficient (Wildman–Crippen LogP) is 6.45. The van der Waals surface area contributed by atoms with Crippen molar-refractivity contribution in [2.45, 2.75) is 78.2 Å². The number of carbonyl (C=O) groups is 1. The van der Waals surface area contributed by atoms with Gasteiger partial charge in [-0.2, -0.15) is 0 Å². The minimum atomic E-state index is -0.416. The molecule has 4 nitrogen and oxygen atoms in total. The summed E-state index contributed by atoms with van der Waals surface area (Å²) in [6, 6.07) is 11.3. The minimum absolute atomic E-state index is 0.110. The van der Waals surface area contributed by atoms with Gasteiger partial charge in [-0.1, -0.05) is 58.4 Å². The first-order chi connectivity index (χ1) is 16.2. The van der Waals surface area contributed by atoms with Gasteiger partial charge in [0.15, 0.2) is 0 Å². The smallest absolute Gasteiger partial charge is 0.220 e. The molecule has 2 aliphatic rings. The highest BCUT2D eigenvalue weighted by molar-refractivity contribution is 5.80. The number of dihydropyridines is 1. The number of nitrogens with one attached hydrogen (secondary N) is 2. The maximum absolute atomic E-state index is 13.2. The van der Waals surface area contributed by atoms with Crippen LogP contribution in [0.15, 0.2) is 65.6 Å². The lowest BCUT2D eigenvalue weighted by Gasteiger charge is -2.37. The Kier molecular flexibility index (Phi) is 6.92. The zero-order valence-electron chi connectivity index (χ0n) is 20.8. The molecule has 1 aromatic heterocycles. The largest absolute Gasteiger partial charge is 0.363 e. The van der Waals surface area contributed by atoms with Gasteiger partial charge in [0.1, 0.15) is 5.82 Å². The van der Waals surface area contributed by atoms with Gasteiger partial charge in [-0.15, -0.1) is 0 Å². The zero-order chi connectivity index (χ0) is 24.3. The van der Waals surface area contributed by atoms with Gasteiger partial charge < -0.3 is 10.6 Å². The lowest BCUT2D eigenvalue weighted by atomic mass is 9.77. The van der Waals surface area contributed by atoms with Gasteiger partial charge in [0.2, 0.25) is 5.91 Å². The Morgan fingerprint density at radius 3 is 2.47 bits per heavy atom. The molecule has 2 aliphatic heterocycles. The summed E-state index contributed by atoms with van der Waals surface area (Å²) in [5, 5.41) is 6.97. The predicted molar refractivity (Wildman–Crippen MR) is 135 cm³/mol. The van der Waals surface area contributed by atoms with Crippen molar-refractivity contribution in [3.8, 4) is 11.3 Å². The molecule has 1 unspecified atom stereocenters. The van der Waals surface area contributed by atoms with Crippen LogP contribution in [0.25, 0.3) is 11.3 Å². The van der Waals surface area contributed by atoms with Crippen LogP contribution in [0.1, 0.15) is 71.8 Å². The van der Waals surface area contributed by atoms with Crippen LogP contribution in [-0.4, -0.2) is 16.4 Å². The molecule has 1 atom stereocenters. The van der Waals surface area contributed by atoms with E-state index in [0.29, 0.717) is 6.42 Å². The van der Waals surface area contributed by atoms with Crippen LogP contribution in [0, 0.1) is 11.2 Å². The molecule has 4 rings (SSSR count). The number of benzene rings is 1. The van der Waals surface area contributed by atoms with E-state index in [1.165, 1.54) is 29.1 Å². The maximum Gasteiger partial charge on any atom is 0.220 e. The Balaban J connectivity index is 1.58. The van der Waals surface area contributed by atoms with E-state index in [2.05, 4.69) is 61.6 Å². The molecule has 5 heteroatoms. The molecule has 1 amide bonds. The van der Waals surface area contributed by atoms with Crippen LogP contribution in [0.5, 0.6) is 0 Å². The fraction of sp³-hybridized carbons (Fsp3) is 0.448. The topological polar surface area (TPSA) is 54.0 Å². The van der Waals surface area contributed by atoms with Crippen molar-refractivity contribution >= 4 is 5.91 Å². The summed E-state index contributed by atoms with van der Waals surface area (Å²) >= 11 is 0. The monoisotopic (exact) mass is 461 g/mol. The Morgan fingerprint density at radius 1 is 1.12 bits per heavy atom. The highest BCUT2D eigenvalue weighted by atomic mass is 19.1. The molecular formula is C29H36FN3O. The second-order valence-electron chi connectivity index (χ2n) is 10.5. The van der Waals surface area contributed by atoms with Gasteiger partial charge >= 0.3 is 0 Å². The normalized spacial score (nSPS) is 20.7. The molecule has 2 aromatic rings. The van der Waals surface area contributed by atoms with E-state index < -0.39 is 5.54 Å². The number of aromatic nitrogens is 1. The van der Waals surface area contributed by atoms with Crippen LogP contribution in [0.4, 0.5) is 4.39 Å². The van der Waals surface area contributed by atoms with E-state index >= 15 is 0 Å². The second kappa shape index (κ2) is 9.73. The number of allylic oxidation sites excluding steroid dienone is 2. The number of amides is 1. The highest BCUT2D eigenvalue weighted by Gasteiger charge is 2.43. The SMILES string of the molecule is CCC1=C(C2(Cc3ccc(-c4ccc(F)cn4)cc3)CCC(=O)N2)NC=C(CC(C)(C)CC)C1. The van der Waals surface area contributed by atoms with Crippen molar-refractivity contribution in [2.75, 3.05) is 0 Å². The zero-order valence-corrected chi connectivity index (χ0v) is 20.8. The van der Waals surface area contributed by atoms with E-state index in [1.54, 1.807) is 6.07 Å². The molecule has 180 valence electrons. The average molecular weight is 462 g/mol. The lowest BCUT2D eigenvalue weighted by Crippen LogP contribution is -2.50. The molecular weight excluding hydrogens is 425 g/mol. The summed E-state index contributed by atoms with van der Waals surface area (Å²) < 4.78 is 13.2. The fourth-order valence-corrected chi connectivity index (χ4v) is 5.14. The van der Waals surface area contributed by atoms with Gasteiger partial charge in [-0.05, 0) is 59.9 Å². The Bertz CT molecular complexity index is 1100. The molecule has 3 heterocycles. The molecule has 1 fully saturated rings. The Hall–Kier alpha value is -2.95. The second-order valence-corrected chi connectivity index (χ2v) is 10.5. The summed E-state index contributed by atoms with van der Waals surface area (Å²) in [5.41, 5.74) is 6.70. The van der Waals surface area contributed by atoms with Gasteiger partial charge in [-0.25, -0.2) is 4.39 Å². The van der Waals surface area contributed by atoms with Crippen LogP contribution in [0.2, 0.25) is 0 Å². The van der Waals surface area contributed by atoms with E-state index in [9.17, 15) is 9.18 Å². The molecule has 1 aromatic carbocycles. The van der Waals surface area contributed by atoms with Crippen molar-refractivity contribution in [3.63, 3.8) is 0 Å². The molecule has 0 radical (unpaired) electrons. The number of pyridine rings is 1. The van der Waals surface area contributed by atoms with E-state index in [0.717, 1.165) is 55.3 Å². The molecule has 0 saturated carbocycles. The van der Waals surface area contributed by atoms with Crippen LogP contribution in [0.3, 0.4) is 0 Å². The third kappa shape index (κ3) is 5.24. The Labute approximate surface area is 202 Å². The maximum atomic E-state index is 13.2. The summed E-state index contributed by atoms with van der Waals surface area (Å²) in [5.74, 6) is -0.228. The van der Waals surface area contributed by atoms with Crippen molar-refractivity contribution < 1.29 is 9.18 Å². The summed E-state index contributed by atoms with van der Waals surface area (Å²) in [7, 11) is 0. The van der Waals surface area contributed by atoms with Gasteiger partial charge in [0.05, 0.1) is 17.4 Å². The molecule has 0 spiro atoms. The molecule has 34 heavy (non-hydrogen) atoms. The third-order valence-electron chi connectivity index (χ3n) is 7.42. The van der Waals surface area contributed by atoms with Gasteiger partial charge in [-0.3, -0.25) is 9.78 Å². The van der Waals surface area contributed by atoms with Crippen LogP contribution < -0.4 is 10.6 Å². The van der Waals surface area contributed by atoms with Crippen LogP contribution >= 0.6 is 0 Å². The van der Waals surface area contributed by atoms with Crippen molar-refractivity contribution in [2.24, 2.45) is 5.41 Å². The number of rotatable bonds is 8. The first kappa shape index (κ1) is 24.2. The molecule has 1 saturated heterocycles. The number of hydrogen-bond acceptors (Lipinski definition) is 3. The quantitative estimate of drug-likeness (QED) is 0.475. The van der Waals surface area contributed by atoms with E-state index in [1.807, 2.05) is 12.1 Å². The van der Waals surface area contributed by atoms with E-state index in [-0.39, 0.29) is 17.1 Å². The van der Waals surface area contributed by atoms with E-state index in [4.69, 9.17) is 0 Å².